The molecule has 4 nitrogen and oxygen atoms in total. The second kappa shape index (κ2) is 6.23. The van der Waals surface area contributed by atoms with E-state index in [2.05, 4.69) is 24.1 Å². The molecule has 1 aliphatic heterocycles. The van der Waals surface area contributed by atoms with E-state index >= 15 is 0 Å². The van der Waals surface area contributed by atoms with E-state index in [0.717, 1.165) is 12.8 Å². The molecule has 2 N–H and O–H groups in total. The summed E-state index contributed by atoms with van der Waals surface area (Å²) >= 11 is 0. The van der Waals surface area contributed by atoms with Crippen LogP contribution >= 0.6 is 0 Å². The van der Waals surface area contributed by atoms with Crippen LogP contribution in [0.4, 0.5) is 0 Å². The van der Waals surface area contributed by atoms with Gasteiger partial charge in [0.15, 0.2) is 0 Å². The van der Waals surface area contributed by atoms with Crippen molar-refractivity contribution in [2.24, 2.45) is 5.41 Å². The van der Waals surface area contributed by atoms with Crippen molar-refractivity contribution in [2.45, 2.75) is 78.6 Å². The maximum atomic E-state index is 12.2. The van der Waals surface area contributed by atoms with E-state index in [1.165, 1.54) is 0 Å². The van der Waals surface area contributed by atoms with Crippen molar-refractivity contribution >= 4 is 5.91 Å². The first-order valence-electron chi connectivity index (χ1n) is 7.37. The maximum Gasteiger partial charge on any atom is 0.237 e. The number of aliphatic hydroxyl groups is 1. The van der Waals surface area contributed by atoms with E-state index < -0.39 is 6.10 Å². The summed E-state index contributed by atoms with van der Waals surface area (Å²) in [6, 6.07) is 0.797. The Bertz CT molecular complexity index is 302. The SMILES string of the molecule is CC1CCC(C)N1C(C)C(=O)NCC(O)C(C)(C)C. The Balaban J connectivity index is 2.49. The predicted molar refractivity (Wildman–Crippen MR) is 77.9 cm³/mol. The summed E-state index contributed by atoms with van der Waals surface area (Å²) in [6.45, 7) is 12.5. The molecule has 112 valence electrons. The lowest BCUT2D eigenvalue weighted by molar-refractivity contribution is -0.127. The lowest BCUT2D eigenvalue weighted by Crippen LogP contribution is -2.51. The van der Waals surface area contributed by atoms with Gasteiger partial charge in [-0.3, -0.25) is 9.69 Å². The van der Waals surface area contributed by atoms with Crippen molar-refractivity contribution < 1.29 is 9.90 Å². The van der Waals surface area contributed by atoms with Crippen LogP contribution in [0.1, 0.15) is 54.4 Å². The molecule has 0 bridgehead atoms. The van der Waals surface area contributed by atoms with Gasteiger partial charge in [0.2, 0.25) is 5.91 Å². The maximum absolute atomic E-state index is 12.2. The highest BCUT2D eigenvalue weighted by atomic mass is 16.3. The number of amides is 1. The molecule has 1 saturated heterocycles. The van der Waals surface area contributed by atoms with Gasteiger partial charge in [-0.25, -0.2) is 0 Å². The van der Waals surface area contributed by atoms with E-state index in [9.17, 15) is 9.90 Å². The Morgan fingerprint density at radius 2 is 1.79 bits per heavy atom. The number of likely N-dealkylation sites (tertiary alicyclic amines) is 1. The van der Waals surface area contributed by atoms with Crippen LogP contribution in [0, 0.1) is 5.41 Å². The minimum absolute atomic E-state index is 0.0175. The lowest BCUT2D eigenvalue weighted by atomic mass is 9.89. The highest BCUT2D eigenvalue weighted by molar-refractivity contribution is 5.81. The Morgan fingerprint density at radius 1 is 1.32 bits per heavy atom. The first kappa shape index (κ1) is 16.4. The molecule has 1 aliphatic rings. The monoisotopic (exact) mass is 270 g/mol. The van der Waals surface area contributed by atoms with Gasteiger partial charge in [-0.1, -0.05) is 20.8 Å². The van der Waals surface area contributed by atoms with Gasteiger partial charge >= 0.3 is 0 Å². The Kier molecular flexibility index (Phi) is 5.39. The van der Waals surface area contributed by atoms with Gasteiger partial charge in [0, 0.05) is 18.6 Å². The third-order valence-corrected chi connectivity index (χ3v) is 4.32. The molecule has 0 radical (unpaired) electrons. The van der Waals surface area contributed by atoms with Crippen molar-refractivity contribution in [3.63, 3.8) is 0 Å². The molecule has 0 spiro atoms. The van der Waals surface area contributed by atoms with Crippen LogP contribution in [0.25, 0.3) is 0 Å². The number of hydrogen-bond donors (Lipinski definition) is 2. The summed E-state index contributed by atoms with van der Waals surface area (Å²) in [7, 11) is 0. The van der Waals surface area contributed by atoms with Crippen molar-refractivity contribution in [3.05, 3.63) is 0 Å². The predicted octanol–water partition coefficient (Wildman–Crippen LogP) is 1.77. The summed E-state index contributed by atoms with van der Waals surface area (Å²) in [4.78, 5) is 14.5. The number of hydrogen-bond acceptors (Lipinski definition) is 3. The molecular formula is C15H30N2O2. The van der Waals surface area contributed by atoms with E-state index in [0.29, 0.717) is 18.6 Å². The van der Waals surface area contributed by atoms with Gasteiger partial charge in [-0.2, -0.15) is 0 Å². The summed E-state index contributed by atoms with van der Waals surface area (Å²) < 4.78 is 0. The quantitative estimate of drug-likeness (QED) is 0.818. The minimum atomic E-state index is -0.517. The number of aliphatic hydroxyl groups excluding tert-OH is 1. The smallest absolute Gasteiger partial charge is 0.237 e. The van der Waals surface area contributed by atoms with Gasteiger partial charge in [0.1, 0.15) is 0 Å². The topological polar surface area (TPSA) is 52.6 Å². The molecule has 1 amide bonds. The van der Waals surface area contributed by atoms with E-state index in [1.54, 1.807) is 0 Å². The first-order chi connectivity index (χ1) is 8.64. The molecule has 4 unspecified atom stereocenters. The van der Waals surface area contributed by atoms with Gasteiger partial charge in [-0.15, -0.1) is 0 Å². The van der Waals surface area contributed by atoms with Crippen LogP contribution < -0.4 is 5.32 Å². The fourth-order valence-corrected chi connectivity index (χ4v) is 2.76. The Hall–Kier alpha value is -0.610. The normalized spacial score (nSPS) is 28.2. The van der Waals surface area contributed by atoms with Crippen LogP contribution in [-0.2, 0) is 4.79 Å². The van der Waals surface area contributed by atoms with Crippen molar-refractivity contribution in [1.29, 1.82) is 0 Å². The third kappa shape index (κ3) is 4.18. The molecule has 1 heterocycles. The van der Waals surface area contributed by atoms with Crippen LogP contribution in [0.3, 0.4) is 0 Å². The van der Waals surface area contributed by atoms with Gasteiger partial charge in [0.25, 0.3) is 0 Å². The Labute approximate surface area is 117 Å². The fourth-order valence-electron chi connectivity index (χ4n) is 2.76. The third-order valence-electron chi connectivity index (χ3n) is 4.32. The molecule has 1 rings (SSSR count). The number of carbonyl (C=O) groups excluding carboxylic acids is 1. The van der Waals surface area contributed by atoms with Crippen molar-refractivity contribution in [3.8, 4) is 0 Å². The van der Waals surface area contributed by atoms with E-state index in [4.69, 9.17) is 0 Å². The highest BCUT2D eigenvalue weighted by Gasteiger charge is 2.34. The molecule has 19 heavy (non-hydrogen) atoms. The number of carbonyl (C=O) groups is 1. The number of nitrogens with zero attached hydrogens (tertiary/aromatic N) is 1. The van der Waals surface area contributed by atoms with Crippen LogP contribution in [0.15, 0.2) is 0 Å². The average molecular weight is 270 g/mol. The van der Waals surface area contributed by atoms with E-state index in [1.807, 2.05) is 27.7 Å². The summed E-state index contributed by atoms with van der Waals surface area (Å²) in [5.41, 5.74) is -0.204. The Morgan fingerprint density at radius 3 is 2.21 bits per heavy atom. The second-order valence-electron chi connectivity index (χ2n) is 7.03. The lowest BCUT2D eigenvalue weighted by Gasteiger charge is -2.32. The molecule has 1 fully saturated rings. The number of nitrogens with one attached hydrogen (secondary N) is 1. The number of rotatable bonds is 4. The van der Waals surface area contributed by atoms with Crippen LogP contribution in [-0.4, -0.2) is 46.7 Å². The fraction of sp³-hybridized carbons (Fsp3) is 0.933. The minimum Gasteiger partial charge on any atom is -0.391 e. The highest BCUT2D eigenvalue weighted by Crippen LogP contribution is 2.26. The zero-order valence-electron chi connectivity index (χ0n) is 13.2. The molecule has 0 saturated carbocycles. The summed E-state index contributed by atoms with van der Waals surface area (Å²) in [5, 5.41) is 12.8. The molecule has 0 aromatic heterocycles. The molecule has 0 aliphatic carbocycles. The first-order valence-corrected chi connectivity index (χ1v) is 7.37. The molecule has 0 aromatic rings. The van der Waals surface area contributed by atoms with Crippen LogP contribution in [0.5, 0.6) is 0 Å². The van der Waals surface area contributed by atoms with Crippen molar-refractivity contribution in [1.82, 2.24) is 10.2 Å². The summed E-state index contributed by atoms with van der Waals surface area (Å²) in [5.74, 6) is 0.0175. The summed E-state index contributed by atoms with van der Waals surface area (Å²) in [6.07, 6.45) is 1.80. The molecule has 4 heteroatoms. The molecular weight excluding hydrogens is 240 g/mol. The van der Waals surface area contributed by atoms with Gasteiger partial charge in [0.05, 0.1) is 12.1 Å². The zero-order chi connectivity index (χ0) is 14.8. The van der Waals surface area contributed by atoms with E-state index in [-0.39, 0.29) is 17.4 Å². The second-order valence-corrected chi connectivity index (χ2v) is 7.03. The van der Waals surface area contributed by atoms with Crippen LogP contribution in [0.2, 0.25) is 0 Å². The average Bonchev–Trinajstić information content (AvgIpc) is 2.63. The largest absolute Gasteiger partial charge is 0.391 e. The molecule has 0 aromatic carbocycles. The zero-order valence-corrected chi connectivity index (χ0v) is 13.2. The van der Waals surface area contributed by atoms with Gasteiger partial charge < -0.3 is 10.4 Å². The molecule has 4 atom stereocenters. The van der Waals surface area contributed by atoms with Gasteiger partial charge in [-0.05, 0) is 39.0 Å². The van der Waals surface area contributed by atoms with Crippen molar-refractivity contribution in [2.75, 3.05) is 6.54 Å². The standard InChI is InChI=1S/C15H30N2O2/c1-10-7-8-11(2)17(10)12(3)14(19)16-9-13(18)15(4,5)6/h10-13,18H,7-9H2,1-6H3,(H,16,19).